The van der Waals surface area contributed by atoms with E-state index in [1.54, 1.807) is 29.2 Å². The van der Waals surface area contributed by atoms with Gasteiger partial charge in [0.2, 0.25) is 5.91 Å². The van der Waals surface area contributed by atoms with E-state index in [9.17, 15) is 9.18 Å². The molecule has 1 aliphatic rings. The minimum absolute atomic E-state index is 0.0432. The van der Waals surface area contributed by atoms with Gasteiger partial charge in [0, 0.05) is 30.9 Å². The van der Waals surface area contributed by atoms with Crippen molar-refractivity contribution in [1.82, 2.24) is 24.3 Å². The summed E-state index contributed by atoms with van der Waals surface area (Å²) in [6.45, 7) is 1.23. The summed E-state index contributed by atoms with van der Waals surface area (Å²) in [5.74, 6) is -0.682. The van der Waals surface area contributed by atoms with Gasteiger partial charge >= 0.3 is 0 Å². The fourth-order valence-electron chi connectivity index (χ4n) is 5.11. The molecule has 11 heteroatoms. The molecule has 3 aromatic heterocycles. The van der Waals surface area contributed by atoms with E-state index in [4.69, 9.17) is 10.00 Å². The van der Waals surface area contributed by atoms with Crippen LogP contribution >= 0.6 is 0 Å². The highest BCUT2D eigenvalue weighted by Gasteiger charge is 2.26. The van der Waals surface area contributed by atoms with E-state index in [-0.39, 0.29) is 35.7 Å². The maximum absolute atomic E-state index is 16.1. The highest BCUT2D eigenvalue weighted by atomic mass is 19.1. The molecule has 0 saturated carbocycles. The highest BCUT2D eigenvalue weighted by molar-refractivity contribution is 5.78. The second-order valence-corrected chi connectivity index (χ2v) is 10.2. The van der Waals surface area contributed by atoms with Gasteiger partial charge in [-0.25, -0.2) is 23.7 Å². The van der Waals surface area contributed by atoms with Gasteiger partial charge in [-0.2, -0.15) is 5.26 Å². The normalized spacial score (nSPS) is 14.8. The van der Waals surface area contributed by atoms with Crippen LogP contribution in [0, 0.1) is 23.0 Å². The number of nitrogens with one attached hydrogen (secondary N) is 1. The van der Waals surface area contributed by atoms with Gasteiger partial charge < -0.3 is 15.0 Å². The predicted octanol–water partition coefficient (Wildman–Crippen LogP) is 5.63. The van der Waals surface area contributed by atoms with E-state index < -0.39 is 11.6 Å². The SMILES string of the molecule is N#CCC(=O)N1CCC[C@@H](Nc2nc(-c3cnc4ccc(F)cn34)nc(-c3ccc(OCc4ccccc4)cc3)c2F)C1. The molecule has 6 rings (SSSR count). The Hall–Kier alpha value is -5.37. The fraction of sp³-hybridized carbons (Fsp3) is 0.219. The summed E-state index contributed by atoms with van der Waals surface area (Å²) < 4.78 is 37.7. The standard InChI is InChI=1S/C32H27F2N7O2/c33-23-10-13-27-36-17-26(41(27)18-23)31-38-30(22-8-11-25(12-9-22)43-20-21-5-2-1-3-6-21)29(34)32(39-31)37-24-7-4-16-40(19-24)28(42)14-15-35/h1-3,5-6,8-13,17-18,24H,4,7,14,16,19-20H2,(H,37,38,39)/t24-/m1/s1. The Morgan fingerprint density at radius 3 is 2.67 bits per heavy atom. The number of rotatable bonds is 8. The molecule has 216 valence electrons. The molecule has 43 heavy (non-hydrogen) atoms. The summed E-state index contributed by atoms with van der Waals surface area (Å²) in [4.78, 5) is 27.3. The molecule has 1 atom stereocenters. The van der Waals surface area contributed by atoms with Crippen molar-refractivity contribution >= 4 is 17.4 Å². The molecule has 0 spiro atoms. The molecule has 0 aliphatic carbocycles. The number of hydrogen-bond acceptors (Lipinski definition) is 7. The maximum Gasteiger partial charge on any atom is 0.236 e. The highest BCUT2D eigenvalue weighted by Crippen LogP contribution is 2.31. The van der Waals surface area contributed by atoms with Gasteiger partial charge in [-0.05, 0) is 54.8 Å². The lowest BCUT2D eigenvalue weighted by atomic mass is 10.0. The van der Waals surface area contributed by atoms with E-state index in [1.165, 1.54) is 28.9 Å². The van der Waals surface area contributed by atoms with Gasteiger partial charge in [0.1, 0.15) is 41.6 Å². The van der Waals surface area contributed by atoms with Crippen molar-refractivity contribution in [2.45, 2.75) is 31.9 Å². The van der Waals surface area contributed by atoms with E-state index >= 15 is 4.39 Å². The molecule has 1 aliphatic heterocycles. The average Bonchev–Trinajstić information content (AvgIpc) is 3.45. The smallest absolute Gasteiger partial charge is 0.236 e. The molecular formula is C32H27F2N7O2. The third-order valence-corrected chi connectivity index (χ3v) is 7.27. The Balaban J connectivity index is 1.34. The number of anilines is 1. The second-order valence-electron chi connectivity index (χ2n) is 10.2. The Morgan fingerprint density at radius 2 is 1.88 bits per heavy atom. The summed E-state index contributed by atoms with van der Waals surface area (Å²) in [5, 5.41) is 12.1. The number of aromatic nitrogens is 4. The molecule has 1 saturated heterocycles. The summed E-state index contributed by atoms with van der Waals surface area (Å²) >= 11 is 0. The van der Waals surface area contributed by atoms with Crippen LogP contribution in [0.2, 0.25) is 0 Å². The molecule has 0 radical (unpaired) electrons. The number of carbonyl (C=O) groups is 1. The minimum Gasteiger partial charge on any atom is -0.489 e. The predicted molar refractivity (Wildman–Crippen MR) is 156 cm³/mol. The first-order valence-corrected chi connectivity index (χ1v) is 13.9. The molecule has 5 aromatic rings. The summed E-state index contributed by atoms with van der Waals surface area (Å²) in [5.41, 5.74) is 2.43. The van der Waals surface area contributed by atoms with Gasteiger partial charge in [0.25, 0.3) is 0 Å². The van der Waals surface area contributed by atoms with Crippen LogP contribution in [0.25, 0.3) is 28.4 Å². The zero-order valence-corrected chi connectivity index (χ0v) is 23.1. The van der Waals surface area contributed by atoms with Crippen molar-refractivity contribution in [3.8, 4) is 34.6 Å². The van der Waals surface area contributed by atoms with Crippen molar-refractivity contribution in [2.75, 3.05) is 18.4 Å². The van der Waals surface area contributed by atoms with Crippen molar-refractivity contribution in [3.05, 3.63) is 96.3 Å². The molecule has 0 unspecified atom stereocenters. The molecule has 4 heterocycles. The average molecular weight is 580 g/mol. The van der Waals surface area contributed by atoms with Gasteiger partial charge in [0.05, 0.1) is 12.3 Å². The number of hydrogen-bond donors (Lipinski definition) is 1. The van der Waals surface area contributed by atoms with Crippen molar-refractivity contribution in [2.24, 2.45) is 0 Å². The van der Waals surface area contributed by atoms with Crippen LogP contribution in [-0.4, -0.2) is 49.3 Å². The van der Waals surface area contributed by atoms with E-state index in [1.807, 2.05) is 36.4 Å². The first-order valence-electron chi connectivity index (χ1n) is 13.9. The third-order valence-electron chi connectivity index (χ3n) is 7.27. The number of halogens is 2. The first-order chi connectivity index (χ1) is 21.0. The van der Waals surface area contributed by atoms with E-state index in [2.05, 4.69) is 20.3 Å². The van der Waals surface area contributed by atoms with Crippen LogP contribution in [0.5, 0.6) is 5.75 Å². The van der Waals surface area contributed by atoms with Crippen molar-refractivity contribution in [1.29, 1.82) is 5.26 Å². The number of piperidine rings is 1. The third kappa shape index (κ3) is 6.13. The van der Waals surface area contributed by atoms with Crippen LogP contribution in [0.1, 0.15) is 24.8 Å². The van der Waals surface area contributed by atoms with Gasteiger partial charge in [0.15, 0.2) is 17.5 Å². The summed E-state index contributed by atoms with van der Waals surface area (Å²) in [6.07, 6.45) is 3.95. The lowest BCUT2D eigenvalue weighted by Gasteiger charge is -2.33. The van der Waals surface area contributed by atoms with Crippen molar-refractivity contribution in [3.63, 3.8) is 0 Å². The number of amides is 1. The monoisotopic (exact) mass is 579 g/mol. The molecule has 2 aromatic carbocycles. The van der Waals surface area contributed by atoms with Gasteiger partial charge in [-0.1, -0.05) is 30.3 Å². The maximum atomic E-state index is 16.1. The molecular weight excluding hydrogens is 552 g/mol. The van der Waals surface area contributed by atoms with Gasteiger partial charge in [-0.15, -0.1) is 0 Å². The second kappa shape index (κ2) is 12.2. The largest absolute Gasteiger partial charge is 0.489 e. The quantitative estimate of drug-likeness (QED) is 0.254. The number of pyridine rings is 1. The fourth-order valence-corrected chi connectivity index (χ4v) is 5.11. The lowest BCUT2D eigenvalue weighted by Crippen LogP contribution is -2.45. The van der Waals surface area contributed by atoms with Crippen molar-refractivity contribution < 1.29 is 18.3 Å². The molecule has 1 N–H and O–H groups in total. The van der Waals surface area contributed by atoms with Crippen LogP contribution in [-0.2, 0) is 11.4 Å². The molecule has 1 fully saturated rings. The number of fused-ring (bicyclic) bond motifs is 1. The van der Waals surface area contributed by atoms with Gasteiger partial charge in [-0.3, -0.25) is 9.20 Å². The van der Waals surface area contributed by atoms with Crippen LogP contribution < -0.4 is 10.1 Å². The van der Waals surface area contributed by atoms with Crippen LogP contribution in [0.3, 0.4) is 0 Å². The number of imidazole rings is 1. The number of benzene rings is 2. The zero-order valence-electron chi connectivity index (χ0n) is 23.1. The molecule has 0 bridgehead atoms. The summed E-state index contributed by atoms with van der Waals surface area (Å²) in [7, 11) is 0. The number of carbonyl (C=O) groups excluding carboxylic acids is 1. The van der Waals surface area contributed by atoms with Crippen LogP contribution in [0.15, 0.2) is 79.1 Å². The number of nitriles is 1. The van der Waals surface area contributed by atoms with Crippen LogP contribution in [0.4, 0.5) is 14.6 Å². The molecule has 1 amide bonds. The first kappa shape index (κ1) is 27.8. The zero-order chi connectivity index (χ0) is 29.8. The molecule has 9 nitrogen and oxygen atoms in total. The van der Waals surface area contributed by atoms with E-state index in [0.29, 0.717) is 55.2 Å². The topological polar surface area (TPSA) is 108 Å². The Labute approximate surface area is 246 Å². The Bertz CT molecular complexity index is 1800. The van der Waals surface area contributed by atoms with E-state index in [0.717, 1.165) is 5.56 Å². The number of nitrogens with zero attached hydrogens (tertiary/aromatic N) is 6. The minimum atomic E-state index is -0.665. The number of likely N-dealkylation sites (tertiary alicyclic amines) is 1. The lowest BCUT2D eigenvalue weighted by molar-refractivity contribution is -0.131. The summed E-state index contributed by atoms with van der Waals surface area (Å²) in [6, 6.07) is 21.1. The number of ether oxygens (including phenoxy) is 1. The Kier molecular flexibility index (Phi) is 7.91. The Morgan fingerprint density at radius 1 is 1.07 bits per heavy atom.